The molecule has 5 nitrogen and oxygen atoms in total. The molecule has 0 aromatic heterocycles. The molecule has 23 heavy (non-hydrogen) atoms. The lowest BCUT2D eigenvalue weighted by atomic mass is 10.2. The van der Waals surface area contributed by atoms with Crippen LogP contribution in [-0.2, 0) is 11.3 Å². The number of carboxylic acids is 1. The van der Waals surface area contributed by atoms with Crippen LogP contribution in [0.3, 0.4) is 0 Å². The molecular formula is C17H25ClN2O3. The van der Waals surface area contributed by atoms with Gasteiger partial charge in [0.1, 0.15) is 5.75 Å². The molecule has 1 aromatic carbocycles. The van der Waals surface area contributed by atoms with Gasteiger partial charge in [-0.2, -0.15) is 0 Å². The zero-order chi connectivity index (χ0) is 16.8. The first-order valence-electron chi connectivity index (χ1n) is 8.04. The second kappa shape index (κ2) is 8.52. The molecule has 1 heterocycles. The van der Waals surface area contributed by atoms with E-state index >= 15 is 0 Å². The standard InChI is InChI=1S/C17H25ClN2O3/c1-13(17(21)22)23-16-6-5-14(11-15(16)18)12-19(2)9-10-20-7-3-4-8-20/h5-6,11,13H,3-4,7-10,12H2,1-2H3,(H,21,22)/t13-/m0/s1. The number of hydrogen-bond acceptors (Lipinski definition) is 4. The van der Waals surface area contributed by atoms with Crippen molar-refractivity contribution in [3.63, 3.8) is 0 Å². The van der Waals surface area contributed by atoms with E-state index in [0.717, 1.165) is 25.2 Å². The maximum atomic E-state index is 10.8. The van der Waals surface area contributed by atoms with Gasteiger partial charge in [-0.1, -0.05) is 17.7 Å². The Morgan fingerprint density at radius 3 is 2.74 bits per heavy atom. The highest BCUT2D eigenvalue weighted by molar-refractivity contribution is 6.32. The topological polar surface area (TPSA) is 53.0 Å². The number of carboxylic acid groups (broad SMARTS) is 1. The summed E-state index contributed by atoms with van der Waals surface area (Å²) in [5, 5.41) is 9.33. The fraction of sp³-hybridized carbons (Fsp3) is 0.588. The van der Waals surface area contributed by atoms with Crippen molar-refractivity contribution in [2.45, 2.75) is 32.4 Å². The van der Waals surface area contributed by atoms with Gasteiger partial charge < -0.3 is 19.6 Å². The SMILES string of the molecule is C[C@H](Oc1ccc(CN(C)CCN2CCCC2)cc1Cl)C(=O)O. The van der Waals surface area contributed by atoms with Crippen LogP contribution in [0.1, 0.15) is 25.3 Å². The van der Waals surface area contributed by atoms with E-state index in [1.165, 1.54) is 32.9 Å². The van der Waals surface area contributed by atoms with Crippen LogP contribution < -0.4 is 4.74 Å². The van der Waals surface area contributed by atoms with Crippen LogP contribution in [0.15, 0.2) is 18.2 Å². The average molecular weight is 341 g/mol. The number of nitrogens with zero attached hydrogens (tertiary/aromatic N) is 2. The van der Waals surface area contributed by atoms with Crippen LogP contribution in [0.5, 0.6) is 5.75 Å². The lowest BCUT2D eigenvalue weighted by Crippen LogP contribution is -2.31. The predicted molar refractivity (Wildman–Crippen MR) is 91.2 cm³/mol. The molecule has 1 aliphatic heterocycles. The fourth-order valence-electron chi connectivity index (χ4n) is 2.69. The second-order valence-corrected chi connectivity index (χ2v) is 6.56. The molecule has 0 saturated carbocycles. The summed E-state index contributed by atoms with van der Waals surface area (Å²) in [5.74, 6) is -0.600. The molecule has 1 aromatic rings. The molecule has 2 rings (SSSR count). The molecule has 1 aliphatic rings. The van der Waals surface area contributed by atoms with Crippen molar-refractivity contribution in [2.24, 2.45) is 0 Å². The van der Waals surface area contributed by atoms with Crippen molar-refractivity contribution in [1.29, 1.82) is 0 Å². The monoisotopic (exact) mass is 340 g/mol. The molecule has 6 heteroatoms. The van der Waals surface area contributed by atoms with Gasteiger partial charge in [-0.3, -0.25) is 0 Å². The maximum Gasteiger partial charge on any atom is 0.344 e. The third-order valence-corrected chi connectivity index (χ3v) is 4.39. The minimum atomic E-state index is -1.01. The van der Waals surface area contributed by atoms with Crippen molar-refractivity contribution in [3.8, 4) is 5.75 Å². The van der Waals surface area contributed by atoms with Gasteiger partial charge in [0.2, 0.25) is 0 Å². The molecule has 1 saturated heterocycles. The third kappa shape index (κ3) is 5.68. The molecule has 128 valence electrons. The number of benzene rings is 1. The molecule has 1 fully saturated rings. The molecule has 0 bridgehead atoms. The molecule has 0 spiro atoms. The molecule has 1 N–H and O–H groups in total. The minimum absolute atomic E-state index is 0.407. The highest BCUT2D eigenvalue weighted by atomic mass is 35.5. The van der Waals surface area contributed by atoms with E-state index in [0.29, 0.717) is 10.8 Å². The van der Waals surface area contributed by atoms with Crippen LogP contribution in [0.2, 0.25) is 5.02 Å². The van der Waals surface area contributed by atoms with E-state index < -0.39 is 12.1 Å². The van der Waals surface area contributed by atoms with E-state index in [-0.39, 0.29) is 0 Å². The lowest BCUT2D eigenvalue weighted by molar-refractivity contribution is -0.144. The van der Waals surface area contributed by atoms with Gasteiger partial charge in [-0.25, -0.2) is 4.79 Å². The van der Waals surface area contributed by atoms with Crippen LogP contribution in [0, 0.1) is 0 Å². The van der Waals surface area contributed by atoms with Crippen LogP contribution in [0.25, 0.3) is 0 Å². The van der Waals surface area contributed by atoms with Crippen molar-refractivity contribution < 1.29 is 14.6 Å². The Balaban J connectivity index is 1.85. The molecular weight excluding hydrogens is 316 g/mol. The first-order chi connectivity index (χ1) is 11.0. The number of hydrogen-bond donors (Lipinski definition) is 1. The Kier molecular flexibility index (Phi) is 6.69. The molecule has 0 radical (unpaired) electrons. The zero-order valence-corrected chi connectivity index (χ0v) is 14.6. The van der Waals surface area contributed by atoms with Gasteiger partial charge in [0.25, 0.3) is 0 Å². The second-order valence-electron chi connectivity index (χ2n) is 6.15. The number of rotatable bonds is 8. The van der Waals surface area contributed by atoms with Gasteiger partial charge in [0, 0.05) is 19.6 Å². The number of aliphatic carboxylic acids is 1. The maximum absolute atomic E-state index is 10.8. The fourth-order valence-corrected chi connectivity index (χ4v) is 2.94. The summed E-state index contributed by atoms with van der Waals surface area (Å²) in [6.45, 7) is 6.84. The summed E-state index contributed by atoms with van der Waals surface area (Å²) in [6, 6.07) is 5.52. The number of halogens is 1. The van der Waals surface area contributed by atoms with E-state index in [2.05, 4.69) is 16.8 Å². The van der Waals surface area contributed by atoms with Crippen molar-refractivity contribution in [1.82, 2.24) is 9.80 Å². The first kappa shape index (κ1) is 18.0. The van der Waals surface area contributed by atoms with Crippen molar-refractivity contribution in [3.05, 3.63) is 28.8 Å². The molecule has 0 aliphatic carbocycles. The Morgan fingerprint density at radius 1 is 1.43 bits per heavy atom. The zero-order valence-electron chi connectivity index (χ0n) is 13.8. The van der Waals surface area contributed by atoms with Gasteiger partial charge in [0.05, 0.1) is 5.02 Å². The summed E-state index contributed by atoms with van der Waals surface area (Å²) in [6.07, 6.45) is 1.71. The Labute approximate surface area is 142 Å². The summed E-state index contributed by atoms with van der Waals surface area (Å²) >= 11 is 6.20. The normalized spacial score (nSPS) is 16.7. The molecule has 0 amide bonds. The van der Waals surface area contributed by atoms with E-state index in [1.54, 1.807) is 6.07 Å². The quantitative estimate of drug-likeness (QED) is 0.788. The smallest absolute Gasteiger partial charge is 0.344 e. The van der Waals surface area contributed by atoms with E-state index in [9.17, 15) is 4.79 Å². The predicted octanol–water partition coefficient (Wildman–Crippen LogP) is 2.72. The van der Waals surface area contributed by atoms with Crippen LogP contribution in [0.4, 0.5) is 0 Å². The Morgan fingerprint density at radius 2 is 2.13 bits per heavy atom. The molecule has 0 unspecified atom stereocenters. The highest BCUT2D eigenvalue weighted by Crippen LogP contribution is 2.27. The summed E-state index contributed by atoms with van der Waals surface area (Å²) in [7, 11) is 2.10. The van der Waals surface area contributed by atoms with Crippen molar-refractivity contribution >= 4 is 17.6 Å². The summed E-state index contributed by atoms with van der Waals surface area (Å²) in [5.41, 5.74) is 1.09. The van der Waals surface area contributed by atoms with Gasteiger partial charge in [0.15, 0.2) is 6.10 Å². The van der Waals surface area contributed by atoms with E-state index in [4.69, 9.17) is 21.4 Å². The highest BCUT2D eigenvalue weighted by Gasteiger charge is 2.15. The van der Waals surface area contributed by atoms with Crippen molar-refractivity contribution in [2.75, 3.05) is 33.2 Å². The van der Waals surface area contributed by atoms with E-state index in [1.807, 2.05) is 12.1 Å². The minimum Gasteiger partial charge on any atom is -0.479 e. The number of likely N-dealkylation sites (N-methyl/N-ethyl adjacent to an activating group) is 1. The van der Waals surface area contributed by atoms with Gasteiger partial charge in [-0.15, -0.1) is 0 Å². The van der Waals surface area contributed by atoms with Gasteiger partial charge in [-0.05, 0) is 57.6 Å². The number of ether oxygens (including phenoxy) is 1. The Hall–Kier alpha value is -1.30. The lowest BCUT2D eigenvalue weighted by Gasteiger charge is -2.21. The largest absolute Gasteiger partial charge is 0.479 e. The molecule has 1 atom stereocenters. The van der Waals surface area contributed by atoms with Crippen LogP contribution in [-0.4, -0.2) is 60.2 Å². The van der Waals surface area contributed by atoms with Gasteiger partial charge >= 0.3 is 5.97 Å². The Bertz CT molecular complexity index is 533. The van der Waals surface area contributed by atoms with Crippen LogP contribution >= 0.6 is 11.6 Å². The average Bonchev–Trinajstić information content (AvgIpc) is 3.01. The first-order valence-corrected chi connectivity index (χ1v) is 8.42. The number of likely N-dealkylation sites (tertiary alicyclic amines) is 1. The summed E-state index contributed by atoms with van der Waals surface area (Å²) in [4.78, 5) is 15.6. The summed E-state index contributed by atoms with van der Waals surface area (Å²) < 4.78 is 5.33. The third-order valence-electron chi connectivity index (χ3n) is 4.10. The number of carbonyl (C=O) groups is 1.